The third-order valence-electron chi connectivity index (χ3n) is 4.47. The van der Waals surface area contributed by atoms with Gasteiger partial charge >= 0.3 is 0 Å². The third kappa shape index (κ3) is 3.81. The topological polar surface area (TPSA) is 82.9 Å². The number of nitrogens with one attached hydrogen (secondary N) is 1. The number of hydrogen-bond acceptors (Lipinski definition) is 7. The van der Waals surface area contributed by atoms with Gasteiger partial charge in [-0.1, -0.05) is 18.2 Å². The zero-order valence-electron chi connectivity index (χ0n) is 16.3. The molecule has 0 fully saturated rings. The van der Waals surface area contributed by atoms with Gasteiger partial charge in [-0.3, -0.25) is 0 Å². The summed E-state index contributed by atoms with van der Waals surface area (Å²) in [6, 6.07) is 9.64. The Morgan fingerprint density at radius 2 is 2.07 bits per heavy atom. The second-order valence-electron chi connectivity index (χ2n) is 6.47. The summed E-state index contributed by atoms with van der Waals surface area (Å²) in [6.07, 6.45) is 1.65. The Morgan fingerprint density at radius 3 is 2.83 bits per heavy atom. The third-order valence-corrected chi connectivity index (χ3v) is 4.74. The summed E-state index contributed by atoms with van der Waals surface area (Å²) in [4.78, 5) is 0. The number of benzene rings is 2. The van der Waals surface area contributed by atoms with Crippen LogP contribution in [-0.4, -0.2) is 35.0 Å². The molecule has 29 heavy (non-hydrogen) atoms. The Kier molecular flexibility index (Phi) is 5.22. The number of nitrogens with zero attached hydrogens (tertiary/aromatic N) is 3. The van der Waals surface area contributed by atoms with E-state index < -0.39 is 0 Å². The lowest BCUT2D eigenvalue weighted by molar-refractivity contribution is 0.171. The molecule has 0 aliphatic carbocycles. The van der Waals surface area contributed by atoms with Gasteiger partial charge in [-0.25, -0.2) is 5.10 Å². The highest BCUT2D eigenvalue weighted by molar-refractivity contribution is 7.71. The van der Waals surface area contributed by atoms with Crippen molar-refractivity contribution in [3.05, 3.63) is 57.6 Å². The van der Waals surface area contributed by atoms with Crippen LogP contribution in [0.3, 0.4) is 0 Å². The fourth-order valence-corrected chi connectivity index (χ4v) is 3.25. The van der Waals surface area contributed by atoms with Gasteiger partial charge in [0.05, 0.1) is 13.3 Å². The van der Waals surface area contributed by atoms with Crippen LogP contribution in [0.15, 0.2) is 35.4 Å². The minimum absolute atomic E-state index is 0.166. The first-order valence-corrected chi connectivity index (χ1v) is 9.35. The average Bonchev–Trinajstić information content (AvgIpc) is 3.32. The molecule has 4 rings (SSSR count). The van der Waals surface area contributed by atoms with Crippen LogP contribution in [0, 0.1) is 18.6 Å². The summed E-state index contributed by atoms with van der Waals surface area (Å²) in [5.74, 6) is 3.17. The molecule has 0 spiro atoms. The second-order valence-corrected chi connectivity index (χ2v) is 6.85. The molecule has 1 aliphatic rings. The van der Waals surface area contributed by atoms with Gasteiger partial charge in [-0.05, 0) is 49.3 Å². The monoisotopic (exact) mass is 412 g/mol. The van der Waals surface area contributed by atoms with Crippen molar-refractivity contribution in [2.24, 2.45) is 5.10 Å². The fraction of sp³-hybridized carbons (Fsp3) is 0.250. The minimum atomic E-state index is 0.166. The molecule has 1 N–H and O–H groups in total. The second kappa shape index (κ2) is 7.96. The Bertz CT molecular complexity index is 1120. The van der Waals surface area contributed by atoms with Crippen LogP contribution in [0.5, 0.6) is 23.0 Å². The molecule has 9 heteroatoms. The Labute approximate surface area is 172 Å². The first-order valence-electron chi connectivity index (χ1n) is 8.94. The molecule has 0 bridgehead atoms. The van der Waals surface area contributed by atoms with Crippen LogP contribution in [0.1, 0.15) is 22.5 Å². The fourth-order valence-electron chi connectivity index (χ4n) is 3.05. The van der Waals surface area contributed by atoms with E-state index in [-0.39, 0.29) is 13.4 Å². The van der Waals surface area contributed by atoms with Gasteiger partial charge in [0.1, 0.15) is 12.4 Å². The van der Waals surface area contributed by atoms with E-state index in [9.17, 15) is 0 Å². The van der Waals surface area contributed by atoms with Crippen molar-refractivity contribution in [2.45, 2.75) is 20.5 Å². The van der Waals surface area contributed by atoms with E-state index in [4.69, 9.17) is 31.2 Å². The maximum atomic E-state index is 5.98. The Hall–Kier alpha value is -3.33. The largest absolute Gasteiger partial charge is 0.493 e. The molecule has 2 heterocycles. The molecule has 8 nitrogen and oxygen atoms in total. The molecule has 0 radical (unpaired) electrons. The van der Waals surface area contributed by atoms with E-state index in [1.54, 1.807) is 13.3 Å². The van der Waals surface area contributed by atoms with E-state index in [1.165, 1.54) is 4.68 Å². The molecule has 2 aromatic carbocycles. The number of rotatable bonds is 6. The van der Waals surface area contributed by atoms with Crippen molar-refractivity contribution in [2.75, 3.05) is 13.9 Å². The molecule has 3 aromatic rings. The van der Waals surface area contributed by atoms with Crippen molar-refractivity contribution in [1.82, 2.24) is 14.9 Å². The van der Waals surface area contributed by atoms with Gasteiger partial charge in [0.15, 0.2) is 17.3 Å². The number of fused-ring (bicyclic) bond motifs is 1. The van der Waals surface area contributed by atoms with Gasteiger partial charge < -0.3 is 18.9 Å². The summed E-state index contributed by atoms with van der Waals surface area (Å²) in [7, 11) is 1.58. The van der Waals surface area contributed by atoms with Crippen LogP contribution in [0.4, 0.5) is 0 Å². The average molecular weight is 412 g/mol. The van der Waals surface area contributed by atoms with Crippen molar-refractivity contribution < 1.29 is 18.9 Å². The lowest BCUT2D eigenvalue weighted by Gasteiger charge is -2.11. The molecule has 0 saturated heterocycles. The van der Waals surface area contributed by atoms with Gasteiger partial charge in [-0.15, -0.1) is 0 Å². The molecule has 0 unspecified atom stereocenters. The van der Waals surface area contributed by atoms with Gasteiger partial charge in [0, 0.05) is 5.56 Å². The van der Waals surface area contributed by atoms with Crippen molar-refractivity contribution in [3.63, 3.8) is 0 Å². The van der Waals surface area contributed by atoms with Crippen LogP contribution in [0.25, 0.3) is 0 Å². The van der Waals surface area contributed by atoms with Gasteiger partial charge in [-0.2, -0.15) is 14.9 Å². The van der Waals surface area contributed by atoms with Crippen LogP contribution < -0.4 is 18.9 Å². The van der Waals surface area contributed by atoms with Gasteiger partial charge in [0.25, 0.3) is 0 Å². The first-order chi connectivity index (χ1) is 14.1. The van der Waals surface area contributed by atoms with Crippen molar-refractivity contribution >= 4 is 18.4 Å². The molecular weight excluding hydrogens is 392 g/mol. The number of H-pyrrole nitrogens is 1. The standard InChI is InChI=1S/C20H20N4O4S/c1-12-5-4-6-13(2)18(12)26-10-17-22-23-20(29)24(17)21-9-14-7-15(25-3)19-16(8-14)27-11-28-19/h4-9H,10-11H2,1-3H3,(H,23,29)/b21-9-. The number of aryl methyl sites for hydroxylation is 2. The highest BCUT2D eigenvalue weighted by atomic mass is 32.1. The normalized spacial score (nSPS) is 12.5. The van der Waals surface area contributed by atoms with Crippen LogP contribution in [0.2, 0.25) is 0 Å². The zero-order valence-corrected chi connectivity index (χ0v) is 17.1. The van der Waals surface area contributed by atoms with E-state index in [0.29, 0.717) is 27.8 Å². The molecule has 150 valence electrons. The SMILES string of the molecule is COc1cc(/C=N\n2c(COc3c(C)cccc3C)n[nH]c2=S)cc2c1OCO2. The molecule has 1 aliphatic heterocycles. The highest BCUT2D eigenvalue weighted by Gasteiger charge is 2.19. The summed E-state index contributed by atoms with van der Waals surface area (Å²) in [6.45, 7) is 4.40. The molecular formula is C20H20N4O4S. The van der Waals surface area contributed by atoms with E-state index in [0.717, 1.165) is 22.4 Å². The summed E-state index contributed by atoms with van der Waals surface area (Å²) >= 11 is 5.30. The van der Waals surface area contributed by atoms with E-state index in [1.807, 2.05) is 44.2 Å². The summed E-state index contributed by atoms with van der Waals surface area (Å²) in [5.41, 5.74) is 2.89. The highest BCUT2D eigenvalue weighted by Crippen LogP contribution is 2.41. The number of methoxy groups -OCH3 is 1. The Morgan fingerprint density at radius 1 is 1.28 bits per heavy atom. The summed E-state index contributed by atoms with van der Waals surface area (Å²) in [5, 5.41) is 11.4. The van der Waals surface area contributed by atoms with Crippen molar-refractivity contribution in [3.8, 4) is 23.0 Å². The molecule has 0 amide bonds. The van der Waals surface area contributed by atoms with Gasteiger partial charge in [0.2, 0.25) is 17.3 Å². The molecule has 0 atom stereocenters. The Balaban J connectivity index is 1.58. The lowest BCUT2D eigenvalue weighted by Crippen LogP contribution is -2.05. The number of aromatic nitrogens is 3. The quantitative estimate of drug-likeness (QED) is 0.490. The number of ether oxygens (including phenoxy) is 4. The van der Waals surface area contributed by atoms with E-state index in [2.05, 4.69) is 15.3 Å². The van der Waals surface area contributed by atoms with E-state index >= 15 is 0 Å². The minimum Gasteiger partial charge on any atom is -0.493 e. The molecule has 0 saturated carbocycles. The number of para-hydroxylation sites is 1. The molecule has 1 aromatic heterocycles. The maximum Gasteiger partial charge on any atom is 0.231 e. The lowest BCUT2D eigenvalue weighted by atomic mass is 10.1. The predicted molar refractivity (Wildman–Crippen MR) is 110 cm³/mol. The zero-order chi connectivity index (χ0) is 20.4. The first kappa shape index (κ1) is 19.0. The maximum absolute atomic E-state index is 5.98. The number of hydrogen-bond donors (Lipinski definition) is 1. The smallest absolute Gasteiger partial charge is 0.231 e. The van der Waals surface area contributed by atoms with Crippen LogP contribution >= 0.6 is 12.2 Å². The predicted octanol–water partition coefficient (Wildman–Crippen LogP) is 3.76. The van der Waals surface area contributed by atoms with Crippen LogP contribution in [-0.2, 0) is 6.61 Å². The summed E-state index contributed by atoms with van der Waals surface area (Å²) < 4.78 is 24.1. The number of aromatic amines is 1. The van der Waals surface area contributed by atoms with Crippen molar-refractivity contribution in [1.29, 1.82) is 0 Å².